The fraction of sp³-hybridized carbons (Fsp3) is 0. The quantitative estimate of drug-likeness (QED) is 0.273. The zero-order valence-corrected chi connectivity index (χ0v) is 22.8. The van der Waals surface area contributed by atoms with Gasteiger partial charge in [-0.2, -0.15) is 5.26 Å². The summed E-state index contributed by atoms with van der Waals surface area (Å²) >= 11 is 0. The Balaban J connectivity index is 1.52. The molecule has 0 N–H and O–H groups in total. The number of anilines is 3. The Kier molecular flexibility index (Phi) is 5.85. The average molecular weight is 528 g/mol. The molecule has 0 atom stereocenters. The van der Waals surface area contributed by atoms with Gasteiger partial charge >= 0.3 is 0 Å². The second kappa shape index (κ2) is 9.81. The Morgan fingerprint density at radius 3 is 1.70 bits per heavy atom. The van der Waals surface area contributed by atoms with E-state index < -0.39 is 8.07 Å². The maximum absolute atomic E-state index is 9.41. The van der Waals surface area contributed by atoms with E-state index in [1.807, 2.05) is 12.1 Å². The minimum absolute atomic E-state index is 0.415. The van der Waals surface area contributed by atoms with Crippen molar-refractivity contribution in [2.75, 3.05) is 4.90 Å². The highest BCUT2D eigenvalue weighted by molar-refractivity contribution is 7.21. The third kappa shape index (κ3) is 3.68. The molecule has 0 spiro atoms. The van der Waals surface area contributed by atoms with Crippen LogP contribution < -0.4 is 25.6 Å². The maximum Gasteiger partial charge on any atom is 0.184 e. The Morgan fingerprint density at radius 1 is 0.550 bits per heavy atom. The van der Waals surface area contributed by atoms with Gasteiger partial charge in [0.2, 0.25) is 0 Å². The van der Waals surface area contributed by atoms with Crippen LogP contribution in [0.5, 0.6) is 0 Å². The van der Waals surface area contributed by atoms with Gasteiger partial charge in [0.15, 0.2) is 8.07 Å². The van der Waals surface area contributed by atoms with Crippen molar-refractivity contribution in [2.45, 2.75) is 0 Å². The highest BCUT2D eigenvalue weighted by atomic mass is 28.3. The van der Waals surface area contributed by atoms with E-state index in [1.165, 1.54) is 32.1 Å². The van der Waals surface area contributed by atoms with Gasteiger partial charge in [0.05, 0.1) is 0 Å². The van der Waals surface area contributed by atoms with E-state index in [4.69, 9.17) is 0 Å². The number of nitrogens with zero attached hydrogens (tertiary/aromatic N) is 3. The van der Waals surface area contributed by atoms with Crippen molar-refractivity contribution in [2.24, 2.45) is 0 Å². The first-order valence-electron chi connectivity index (χ1n) is 13.4. The molecule has 1 aliphatic heterocycles. The number of rotatable bonds is 4. The molecule has 6 aromatic rings. The fourth-order valence-electron chi connectivity index (χ4n) is 6.19. The van der Waals surface area contributed by atoms with E-state index in [1.54, 1.807) is 6.20 Å². The number of hydrogen-bond acceptors (Lipinski definition) is 3. The number of benzene rings is 5. The van der Waals surface area contributed by atoms with Crippen LogP contribution in [0, 0.1) is 11.3 Å². The zero-order chi connectivity index (χ0) is 26.9. The lowest BCUT2D eigenvalue weighted by Crippen LogP contribution is -2.77. The number of fused-ring (bicyclic) bond motifs is 2. The van der Waals surface area contributed by atoms with Gasteiger partial charge in [-0.1, -0.05) is 109 Å². The molecular formula is C36H25N3Si. The lowest BCUT2D eigenvalue weighted by molar-refractivity contribution is 1.26. The van der Waals surface area contributed by atoms with Crippen molar-refractivity contribution in [3.8, 4) is 17.2 Å². The highest BCUT2D eigenvalue weighted by Crippen LogP contribution is 2.39. The Hall–Kier alpha value is -5.24. The topological polar surface area (TPSA) is 39.9 Å². The van der Waals surface area contributed by atoms with Gasteiger partial charge in [-0.15, -0.1) is 0 Å². The van der Waals surface area contributed by atoms with E-state index in [-0.39, 0.29) is 0 Å². The van der Waals surface area contributed by atoms with E-state index in [0.717, 1.165) is 16.8 Å². The van der Waals surface area contributed by atoms with Crippen molar-refractivity contribution >= 4 is 45.9 Å². The van der Waals surface area contributed by atoms with Crippen LogP contribution in [0.4, 0.5) is 17.1 Å². The van der Waals surface area contributed by atoms with Crippen molar-refractivity contribution in [3.63, 3.8) is 0 Å². The number of para-hydroxylation sites is 2. The van der Waals surface area contributed by atoms with Crippen LogP contribution in [-0.2, 0) is 0 Å². The maximum atomic E-state index is 9.41. The Labute approximate surface area is 235 Å². The first-order valence-corrected chi connectivity index (χ1v) is 15.4. The Bertz CT molecular complexity index is 1790. The van der Waals surface area contributed by atoms with Gasteiger partial charge in [0, 0.05) is 23.3 Å². The lowest BCUT2D eigenvalue weighted by Gasteiger charge is -2.45. The molecule has 5 aromatic carbocycles. The normalized spacial score (nSPS) is 13.1. The van der Waals surface area contributed by atoms with Crippen molar-refractivity contribution in [1.29, 1.82) is 5.26 Å². The van der Waals surface area contributed by atoms with E-state index in [2.05, 4.69) is 149 Å². The first-order chi connectivity index (χ1) is 19.8. The second-order valence-electron chi connectivity index (χ2n) is 9.94. The van der Waals surface area contributed by atoms with Crippen LogP contribution in [0.3, 0.4) is 0 Å². The molecule has 0 fully saturated rings. The van der Waals surface area contributed by atoms with Crippen molar-refractivity contribution in [1.82, 2.24) is 4.98 Å². The summed E-state index contributed by atoms with van der Waals surface area (Å²) in [4.78, 5) is 6.56. The molecule has 0 saturated heterocycles. The van der Waals surface area contributed by atoms with Gasteiger partial charge in [-0.05, 0) is 68.3 Å². The monoisotopic (exact) mass is 527 g/mol. The summed E-state index contributed by atoms with van der Waals surface area (Å²) in [5.41, 5.74) is 5.92. The number of hydrogen-bond donors (Lipinski definition) is 0. The minimum Gasteiger partial charge on any atom is -0.311 e. The van der Waals surface area contributed by atoms with Crippen LogP contribution in [0.15, 0.2) is 152 Å². The van der Waals surface area contributed by atoms with Gasteiger partial charge in [-0.3, -0.25) is 0 Å². The number of nitriles is 1. The molecule has 1 aliphatic rings. The minimum atomic E-state index is -2.63. The van der Waals surface area contributed by atoms with Crippen LogP contribution >= 0.6 is 0 Å². The van der Waals surface area contributed by atoms with Gasteiger partial charge in [0.25, 0.3) is 0 Å². The number of pyridine rings is 1. The second-order valence-corrected chi connectivity index (χ2v) is 13.7. The molecule has 0 amide bonds. The Morgan fingerprint density at radius 2 is 1.10 bits per heavy atom. The molecule has 7 rings (SSSR count). The average Bonchev–Trinajstić information content (AvgIpc) is 3.04. The molecule has 4 heteroatoms. The third-order valence-corrected chi connectivity index (χ3v) is 12.7. The van der Waals surface area contributed by atoms with Crippen molar-refractivity contribution < 1.29 is 0 Å². The largest absolute Gasteiger partial charge is 0.311 e. The van der Waals surface area contributed by atoms with E-state index in [9.17, 15) is 5.26 Å². The van der Waals surface area contributed by atoms with Gasteiger partial charge < -0.3 is 4.90 Å². The summed E-state index contributed by atoms with van der Waals surface area (Å²) in [6.07, 6.45) is 1.70. The molecule has 0 saturated carbocycles. The summed E-state index contributed by atoms with van der Waals surface area (Å²) in [7, 11) is -2.63. The first kappa shape index (κ1) is 23.8. The molecule has 3 nitrogen and oxygen atoms in total. The molecular weight excluding hydrogens is 503 g/mol. The van der Waals surface area contributed by atoms with Gasteiger partial charge in [0.1, 0.15) is 11.8 Å². The molecule has 0 unspecified atom stereocenters. The molecule has 2 heterocycles. The van der Waals surface area contributed by atoms with Crippen LogP contribution in [-0.4, -0.2) is 13.1 Å². The lowest BCUT2D eigenvalue weighted by atomic mass is 10.0. The SMILES string of the molecule is N#Cc1cc(-c2cccc(N3c4ccccc4[Si](c4ccccc4)(c4ccccc4)c4ccccc43)c2)ccn1. The summed E-state index contributed by atoms with van der Waals surface area (Å²) in [5, 5.41) is 14.9. The predicted octanol–water partition coefficient (Wildman–Crippen LogP) is 5.78. The van der Waals surface area contributed by atoms with Gasteiger partial charge in [-0.25, -0.2) is 4.98 Å². The summed E-state index contributed by atoms with van der Waals surface area (Å²) in [5.74, 6) is 0. The molecule has 0 radical (unpaired) electrons. The molecule has 0 aliphatic carbocycles. The summed E-state index contributed by atoms with van der Waals surface area (Å²) in [6, 6.07) is 54.4. The molecule has 0 bridgehead atoms. The smallest absolute Gasteiger partial charge is 0.184 e. The molecule has 40 heavy (non-hydrogen) atoms. The van der Waals surface area contributed by atoms with Crippen molar-refractivity contribution in [3.05, 3.63) is 157 Å². The van der Waals surface area contributed by atoms with Crippen LogP contribution in [0.2, 0.25) is 0 Å². The van der Waals surface area contributed by atoms with E-state index >= 15 is 0 Å². The molecule has 1 aromatic heterocycles. The van der Waals surface area contributed by atoms with Crippen LogP contribution in [0.1, 0.15) is 5.69 Å². The zero-order valence-electron chi connectivity index (χ0n) is 21.8. The predicted molar refractivity (Wildman–Crippen MR) is 166 cm³/mol. The highest BCUT2D eigenvalue weighted by Gasteiger charge is 2.48. The number of aromatic nitrogens is 1. The third-order valence-electron chi connectivity index (χ3n) is 7.82. The fourth-order valence-corrected chi connectivity index (χ4v) is 11.3. The summed E-state index contributed by atoms with van der Waals surface area (Å²) < 4.78 is 0. The standard InChI is InChI=1S/C36H25N3Si/c37-26-29-24-28(22-23-38-29)27-12-11-13-30(25-27)39-33-18-7-9-20-35(33)40(31-14-3-1-4-15-31,32-16-5-2-6-17-32)36-21-10-8-19-34(36)39/h1-25H. The summed E-state index contributed by atoms with van der Waals surface area (Å²) in [6.45, 7) is 0. The molecule has 188 valence electrons. The van der Waals surface area contributed by atoms with Crippen LogP contribution in [0.25, 0.3) is 11.1 Å². The van der Waals surface area contributed by atoms with E-state index in [0.29, 0.717) is 5.69 Å².